The van der Waals surface area contributed by atoms with Crippen molar-refractivity contribution in [2.75, 3.05) is 18.9 Å². The highest BCUT2D eigenvalue weighted by molar-refractivity contribution is 7.17. The lowest BCUT2D eigenvalue weighted by Gasteiger charge is -2.22. The molecule has 0 saturated heterocycles. The van der Waals surface area contributed by atoms with Crippen molar-refractivity contribution >= 4 is 34.1 Å². The first-order valence-corrected chi connectivity index (χ1v) is 6.72. The Morgan fingerprint density at radius 1 is 1.35 bits per heavy atom. The maximum absolute atomic E-state index is 11.6. The van der Waals surface area contributed by atoms with Crippen LogP contribution < -0.4 is 10.6 Å². The molecule has 0 fully saturated rings. The van der Waals surface area contributed by atoms with Crippen LogP contribution in [0.3, 0.4) is 0 Å². The molecule has 1 aromatic rings. The first-order valence-electron chi connectivity index (χ1n) is 5.90. The number of nitrogens with zero attached hydrogens (tertiary/aromatic N) is 1. The van der Waals surface area contributed by atoms with Gasteiger partial charge >= 0.3 is 5.97 Å². The van der Waals surface area contributed by atoms with Crippen LogP contribution in [0.5, 0.6) is 0 Å². The van der Waals surface area contributed by atoms with Gasteiger partial charge in [0.2, 0.25) is 5.91 Å². The number of anilines is 1. The van der Waals surface area contributed by atoms with Crippen molar-refractivity contribution in [1.29, 1.82) is 0 Å². The molecule has 0 unspecified atom stereocenters. The number of Topliss-reactive ketones (excluding diaryl/α,β-unsaturated/α-hetero) is 1. The number of rotatable bonds is 6. The van der Waals surface area contributed by atoms with Gasteiger partial charge in [-0.05, 0) is 13.8 Å². The first kappa shape index (κ1) is 16.1. The summed E-state index contributed by atoms with van der Waals surface area (Å²) in [5, 5.41) is 14.7. The molecule has 0 aliphatic rings. The molecular weight excluding hydrogens is 282 g/mol. The molecule has 0 atom stereocenters. The van der Waals surface area contributed by atoms with Gasteiger partial charge < -0.3 is 15.7 Å². The number of carboxylic acid groups (broad SMARTS) is 1. The maximum atomic E-state index is 11.6. The van der Waals surface area contributed by atoms with Crippen LogP contribution in [-0.4, -0.2) is 41.3 Å². The fourth-order valence-electron chi connectivity index (χ4n) is 1.49. The van der Waals surface area contributed by atoms with Crippen LogP contribution in [0.2, 0.25) is 0 Å². The number of ketones is 1. The lowest BCUT2D eigenvalue weighted by Crippen LogP contribution is -2.39. The molecule has 0 bridgehead atoms. The molecule has 1 aromatic heterocycles. The number of carbonyl (C=O) groups excluding carboxylic acids is 2. The zero-order chi connectivity index (χ0) is 15.5. The van der Waals surface area contributed by atoms with E-state index in [2.05, 4.69) is 15.6 Å². The Morgan fingerprint density at radius 2 is 1.95 bits per heavy atom. The largest absolute Gasteiger partial charge is 0.476 e. The summed E-state index contributed by atoms with van der Waals surface area (Å²) in [4.78, 5) is 37.9. The van der Waals surface area contributed by atoms with Gasteiger partial charge in [-0.25, -0.2) is 9.78 Å². The molecule has 7 nitrogen and oxygen atoms in total. The minimum absolute atomic E-state index is 0.0951. The zero-order valence-electron chi connectivity index (χ0n) is 11.7. The summed E-state index contributed by atoms with van der Waals surface area (Å²) in [5.41, 5.74) is -0.942. The minimum Gasteiger partial charge on any atom is -0.476 e. The predicted octanol–water partition coefficient (Wildman–Crippen LogP) is 1.23. The van der Waals surface area contributed by atoms with E-state index in [9.17, 15) is 14.4 Å². The fraction of sp³-hybridized carbons (Fsp3) is 0.500. The number of hydrogen-bond acceptors (Lipinski definition) is 6. The van der Waals surface area contributed by atoms with Crippen molar-refractivity contribution in [1.82, 2.24) is 10.3 Å². The smallest absolute Gasteiger partial charge is 0.356 e. The van der Waals surface area contributed by atoms with Gasteiger partial charge in [-0.3, -0.25) is 9.59 Å². The van der Waals surface area contributed by atoms with Crippen LogP contribution in [-0.2, 0) is 4.79 Å². The van der Waals surface area contributed by atoms with Gasteiger partial charge in [-0.1, -0.05) is 11.3 Å². The number of hydrogen-bond donors (Lipinski definition) is 3. The summed E-state index contributed by atoms with van der Waals surface area (Å²) >= 11 is 0.972. The van der Waals surface area contributed by atoms with Gasteiger partial charge in [-0.2, -0.15) is 0 Å². The Balaban J connectivity index is 2.90. The Bertz CT molecular complexity index is 519. The van der Waals surface area contributed by atoms with E-state index in [1.54, 1.807) is 20.9 Å². The van der Waals surface area contributed by atoms with Crippen molar-refractivity contribution in [3.8, 4) is 0 Å². The van der Waals surface area contributed by atoms with Crippen molar-refractivity contribution in [2.45, 2.75) is 20.8 Å². The average molecular weight is 299 g/mol. The van der Waals surface area contributed by atoms with E-state index in [1.165, 1.54) is 6.92 Å². The monoisotopic (exact) mass is 299 g/mol. The van der Waals surface area contributed by atoms with E-state index < -0.39 is 11.4 Å². The van der Waals surface area contributed by atoms with E-state index in [1.807, 2.05) is 0 Å². The Labute approximate surface area is 120 Å². The van der Waals surface area contributed by atoms with Gasteiger partial charge in [0.15, 0.2) is 16.6 Å². The summed E-state index contributed by atoms with van der Waals surface area (Å²) in [7, 11) is 1.55. The Hall–Kier alpha value is -1.96. The number of aromatic carboxylic acids is 1. The van der Waals surface area contributed by atoms with Gasteiger partial charge in [0, 0.05) is 20.5 Å². The standard InChI is InChI=1S/C12H17N3O4S/c1-6(16)8-7(9(17)18)15-11(20-8)14-5-12(2,3)10(19)13-4/h5H2,1-4H3,(H,13,19)(H,14,15)(H,17,18). The van der Waals surface area contributed by atoms with E-state index in [-0.39, 0.29) is 28.8 Å². The third-order valence-corrected chi connectivity index (χ3v) is 3.79. The molecule has 0 spiro atoms. The highest BCUT2D eigenvalue weighted by Crippen LogP contribution is 2.25. The molecule has 0 aromatic carbocycles. The van der Waals surface area contributed by atoms with Crippen molar-refractivity contribution < 1.29 is 19.5 Å². The van der Waals surface area contributed by atoms with E-state index in [0.29, 0.717) is 5.13 Å². The highest BCUT2D eigenvalue weighted by atomic mass is 32.1. The van der Waals surface area contributed by atoms with Crippen LogP contribution in [0.15, 0.2) is 0 Å². The van der Waals surface area contributed by atoms with E-state index in [4.69, 9.17) is 5.11 Å². The second-order valence-corrected chi connectivity index (χ2v) is 5.87. The molecule has 110 valence electrons. The molecule has 3 N–H and O–H groups in total. The minimum atomic E-state index is -1.25. The van der Waals surface area contributed by atoms with Crippen molar-refractivity contribution in [3.63, 3.8) is 0 Å². The number of carbonyl (C=O) groups is 3. The van der Waals surface area contributed by atoms with Crippen LogP contribution in [0, 0.1) is 5.41 Å². The molecule has 0 aliphatic heterocycles. The Morgan fingerprint density at radius 3 is 2.35 bits per heavy atom. The quantitative estimate of drug-likeness (QED) is 0.682. The van der Waals surface area contributed by atoms with Gasteiger partial charge in [-0.15, -0.1) is 0 Å². The molecule has 8 heteroatoms. The van der Waals surface area contributed by atoms with Crippen LogP contribution in [0.25, 0.3) is 0 Å². The van der Waals surface area contributed by atoms with Crippen LogP contribution in [0.4, 0.5) is 5.13 Å². The molecule has 0 aliphatic carbocycles. The summed E-state index contributed by atoms with van der Waals surface area (Å²) in [6.07, 6.45) is 0. The van der Waals surface area contributed by atoms with Crippen LogP contribution in [0.1, 0.15) is 40.9 Å². The number of nitrogens with one attached hydrogen (secondary N) is 2. The molecule has 20 heavy (non-hydrogen) atoms. The normalized spacial score (nSPS) is 11.0. The second kappa shape index (κ2) is 6.00. The highest BCUT2D eigenvalue weighted by Gasteiger charge is 2.27. The topological polar surface area (TPSA) is 108 Å². The summed E-state index contributed by atoms with van der Waals surface area (Å²) in [6, 6.07) is 0. The molecule has 0 radical (unpaired) electrons. The Kier molecular flexibility index (Phi) is 4.83. The lowest BCUT2D eigenvalue weighted by molar-refractivity contribution is -0.128. The predicted molar refractivity (Wildman–Crippen MR) is 75.4 cm³/mol. The fourth-order valence-corrected chi connectivity index (χ4v) is 2.34. The van der Waals surface area contributed by atoms with Gasteiger partial charge in [0.25, 0.3) is 0 Å². The summed E-state index contributed by atoms with van der Waals surface area (Å²) in [6.45, 7) is 5.06. The van der Waals surface area contributed by atoms with E-state index >= 15 is 0 Å². The third kappa shape index (κ3) is 3.53. The summed E-state index contributed by atoms with van der Waals surface area (Å²) in [5.74, 6) is -1.74. The number of amides is 1. The van der Waals surface area contributed by atoms with Gasteiger partial charge in [0.1, 0.15) is 4.88 Å². The molecule has 1 rings (SSSR count). The maximum Gasteiger partial charge on any atom is 0.356 e. The van der Waals surface area contributed by atoms with E-state index in [0.717, 1.165) is 11.3 Å². The third-order valence-electron chi connectivity index (χ3n) is 2.67. The number of thiazole rings is 1. The van der Waals surface area contributed by atoms with Crippen LogP contribution >= 0.6 is 11.3 Å². The molecule has 0 saturated carbocycles. The lowest BCUT2D eigenvalue weighted by atomic mass is 9.92. The summed E-state index contributed by atoms with van der Waals surface area (Å²) < 4.78 is 0. The van der Waals surface area contributed by atoms with Crippen molar-refractivity contribution in [3.05, 3.63) is 10.6 Å². The molecular formula is C12H17N3O4S. The first-order chi connectivity index (χ1) is 9.19. The number of carboxylic acids is 1. The average Bonchev–Trinajstić information content (AvgIpc) is 2.80. The second-order valence-electron chi connectivity index (χ2n) is 4.87. The SMILES string of the molecule is CNC(=O)C(C)(C)CNc1nc(C(=O)O)c(C(C)=O)s1. The van der Waals surface area contributed by atoms with Gasteiger partial charge in [0.05, 0.1) is 5.41 Å². The molecule has 1 amide bonds. The van der Waals surface area contributed by atoms with Crippen molar-refractivity contribution in [2.24, 2.45) is 5.41 Å². The zero-order valence-corrected chi connectivity index (χ0v) is 12.6. The number of aromatic nitrogens is 1. The molecule has 1 heterocycles.